The van der Waals surface area contributed by atoms with Crippen LogP contribution in [0.15, 0.2) is 48.8 Å². The molecule has 0 atom stereocenters. The van der Waals surface area contributed by atoms with E-state index in [1.807, 2.05) is 50.4 Å². The summed E-state index contributed by atoms with van der Waals surface area (Å²) in [6.45, 7) is 2.60. The number of carbonyl (C=O) groups excluding carboxylic acids is 1. The van der Waals surface area contributed by atoms with Crippen molar-refractivity contribution in [2.24, 2.45) is 0 Å². The topological polar surface area (TPSA) is 33.2 Å². The van der Waals surface area contributed by atoms with E-state index in [2.05, 4.69) is 4.98 Å². The van der Waals surface area contributed by atoms with Crippen LogP contribution in [0, 0.1) is 6.92 Å². The summed E-state index contributed by atoms with van der Waals surface area (Å²) in [4.78, 5) is 17.8. The Bertz CT molecular complexity index is 520. The molecule has 92 valence electrons. The molecule has 1 aromatic heterocycles. The van der Waals surface area contributed by atoms with Gasteiger partial charge < -0.3 is 4.90 Å². The van der Waals surface area contributed by atoms with Gasteiger partial charge >= 0.3 is 0 Å². The Morgan fingerprint density at radius 3 is 2.33 bits per heavy atom. The first-order valence-electron chi connectivity index (χ1n) is 5.88. The van der Waals surface area contributed by atoms with E-state index in [0.29, 0.717) is 6.54 Å². The van der Waals surface area contributed by atoms with Crippen LogP contribution in [0.1, 0.15) is 21.5 Å². The molecule has 18 heavy (non-hydrogen) atoms. The highest BCUT2D eigenvalue weighted by molar-refractivity contribution is 5.94. The number of aromatic nitrogens is 1. The minimum Gasteiger partial charge on any atom is -0.337 e. The predicted molar refractivity (Wildman–Crippen MR) is 71.2 cm³/mol. The quantitative estimate of drug-likeness (QED) is 0.826. The summed E-state index contributed by atoms with van der Waals surface area (Å²) in [5, 5.41) is 0. The van der Waals surface area contributed by atoms with E-state index in [1.54, 1.807) is 17.3 Å². The summed E-state index contributed by atoms with van der Waals surface area (Å²) in [5.74, 6) is 0.0341. The molecule has 2 rings (SSSR count). The molecule has 0 unspecified atom stereocenters. The van der Waals surface area contributed by atoms with Gasteiger partial charge in [0.2, 0.25) is 0 Å². The first kappa shape index (κ1) is 12.3. The van der Waals surface area contributed by atoms with Crippen LogP contribution in [0.25, 0.3) is 0 Å². The van der Waals surface area contributed by atoms with E-state index in [4.69, 9.17) is 0 Å². The van der Waals surface area contributed by atoms with Crippen molar-refractivity contribution < 1.29 is 4.79 Å². The molecule has 0 radical (unpaired) electrons. The highest BCUT2D eigenvalue weighted by Gasteiger charge is 2.11. The van der Waals surface area contributed by atoms with Crippen molar-refractivity contribution in [3.8, 4) is 0 Å². The average Bonchev–Trinajstić information content (AvgIpc) is 2.40. The molecule has 3 nitrogen and oxygen atoms in total. The highest BCUT2D eigenvalue weighted by atomic mass is 16.2. The van der Waals surface area contributed by atoms with Crippen molar-refractivity contribution in [1.29, 1.82) is 0 Å². The Labute approximate surface area is 107 Å². The molecule has 3 heteroatoms. The maximum Gasteiger partial charge on any atom is 0.253 e. The second-order valence-electron chi connectivity index (χ2n) is 4.38. The SMILES string of the molecule is Cc1ccc(C(=O)N(C)Cc2ccncc2)cc1. The van der Waals surface area contributed by atoms with Gasteiger partial charge in [-0.25, -0.2) is 0 Å². The first-order chi connectivity index (χ1) is 8.66. The largest absolute Gasteiger partial charge is 0.337 e. The van der Waals surface area contributed by atoms with Crippen molar-refractivity contribution in [3.05, 3.63) is 65.5 Å². The summed E-state index contributed by atoms with van der Waals surface area (Å²) < 4.78 is 0. The van der Waals surface area contributed by atoms with Gasteiger partial charge in [0, 0.05) is 31.5 Å². The third-order valence-corrected chi connectivity index (χ3v) is 2.81. The number of hydrogen-bond acceptors (Lipinski definition) is 2. The van der Waals surface area contributed by atoms with Gasteiger partial charge in [-0.05, 0) is 36.8 Å². The van der Waals surface area contributed by atoms with E-state index in [0.717, 1.165) is 16.7 Å². The molecule has 0 saturated heterocycles. The smallest absolute Gasteiger partial charge is 0.253 e. The number of amides is 1. The average molecular weight is 240 g/mol. The zero-order valence-electron chi connectivity index (χ0n) is 10.6. The monoisotopic (exact) mass is 240 g/mol. The molecule has 0 N–H and O–H groups in total. The lowest BCUT2D eigenvalue weighted by Gasteiger charge is -2.17. The van der Waals surface area contributed by atoms with Crippen molar-refractivity contribution in [3.63, 3.8) is 0 Å². The summed E-state index contributed by atoms with van der Waals surface area (Å²) >= 11 is 0. The lowest BCUT2D eigenvalue weighted by atomic mass is 10.1. The molecule has 0 aliphatic rings. The van der Waals surface area contributed by atoms with E-state index < -0.39 is 0 Å². The molecule has 0 saturated carbocycles. The van der Waals surface area contributed by atoms with E-state index in [9.17, 15) is 4.79 Å². The number of nitrogens with zero attached hydrogens (tertiary/aromatic N) is 2. The molecule has 1 amide bonds. The lowest BCUT2D eigenvalue weighted by Crippen LogP contribution is -2.26. The molecule has 1 heterocycles. The molecular formula is C15H16N2O. The Hall–Kier alpha value is -2.16. The van der Waals surface area contributed by atoms with E-state index in [-0.39, 0.29) is 5.91 Å². The molecule has 0 bridgehead atoms. The number of aryl methyl sites for hydroxylation is 1. The van der Waals surface area contributed by atoms with Gasteiger partial charge in [-0.1, -0.05) is 17.7 Å². The molecule has 0 fully saturated rings. The van der Waals surface area contributed by atoms with Crippen LogP contribution in [0.3, 0.4) is 0 Å². The summed E-state index contributed by atoms with van der Waals surface area (Å²) in [5.41, 5.74) is 2.95. The van der Waals surface area contributed by atoms with Gasteiger partial charge in [-0.3, -0.25) is 9.78 Å². The minimum atomic E-state index is 0.0341. The van der Waals surface area contributed by atoms with Crippen molar-refractivity contribution >= 4 is 5.91 Å². The number of rotatable bonds is 3. The molecular weight excluding hydrogens is 224 g/mol. The van der Waals surface area contributed by atoms with E-state index >= 15 is 0 Å². The van der Waals surface area contributed by atoms with Crippen LogP contribution < -0.4 is 0 Å². The molecule has 0 spiro atoms. The summed E-state index contributed by atoms with van der Waals surface area (Å²) in [6, 6.07) is 11.5. The number of pyridine rings is 1. The summed E-state index contributed by atoms with van der Waals surface area (Å²) in [7, 11) is 1.81. The van der Waals surface area contributed by atoms with Crippen LogP contribution >= 0.6 is 0 Å². The van der Waals surface area contributed by atoms with Crippen molar-refractivity contribution in [1.82, 2.24) is 9.88 Å². The zero-order chi connectivity index (χ0) is 13.0. The van der Waals surface area contributed by atoms with Gasteiger partial charge in [0.1, 0.15) is 0 Å². The van der Waals surface area contributed by atoms with Gasteiger partial charge in [-0.15, -0.1) is 0 Å². The fourth-order valence-corrected chi connectivity index (χ4v) is 1.75. The Morgan fingerprint density at radius 2 is 1.72 bits per heavy atom. The van der Waals surface area contributed by atoms with Gasteiger partial charge in [0.15, 0.2) is 0 Å². The van der Waals surface area contributed by atoms with Crippen LogP contribution in [0.5, 0.6) is 0 Å². The summed E-state index contributed by atoms with van der Waals surface area (Å²) in [6.07, 6.45) is 3.47. The second-order valence-corrected chi connectivity index (χ2v) is 4.38. The van der Waals surface area contributed by atoms with Gasteiger partial charge in [0.25, 0.3) is 5.91 Å². The van der Waals surface area contributed by atoms with Crippen LogP contribution in [-0.2, 0) is 6.54 Å². The molecule has 1 aromatic carbocycles. The second kappa shape index (κ2) is 5.45. The Kier molecular flexibility index (Phi) is 3.72. The Balaban J connectivity index is 2.07. The number of hydrogen-bond donors (Lipinski definition) is 0. The molecule has 0 aliphatic carbocycles. The van der Waals surface area contributed by atoms with Crippen molar-refractivity contribution in [2.45, 2.75) is 13.5 Å². The minimum absolute atomic E-state index is 0.0341. The fourth-order valence-electron chi connectivity index (χ4n) is 1.75. The predicted octanol–water partition coefficient (Wildman–Crippen LogP) is 2.66. The lowest BCUT2D eigenvalue weighted by molar-refractivity contribution is 0.0785. The van der Waals surface area contributed by atoms with Crippen LogP contribution in [0.4, 0.5) is 0 Å². The number of benzene rings is 1. The fraction of sp³-hybridized carbons (Fsp3) is 0.200. The third kappa shape index (κ3) is 2.94. The van der Waals surface area contributed by atoms with Crippen LogP contribution in [0.2, 0.25) is 0 Å². The number of carbonyl (C=O) groups is 1. The molecule has 2 aromatic rings. The van der Waals surface area contributed by atoms with Crippen molar-refractivity contribution in [2.75, 3.05) is 7.05 Å². The Morgan fingerprint density at radius 1 is 1.11 bits per heavy atom. The van der Waals surface area contributed by atoms with Gasteiger partial charge in [-0.2, -0.15) is 0 Å². The normalized spacial score (nSPS) is 10.1. The highest BCUT2D eigenvalue weighted by Crippen LogP contribution is 2.09. The molecule has 0 aliphatic heterocycles. The first-order valence-corrected chi connectivity index (χ1v) is 5.88. The van der Waals surface area contributed by atoms with Gasteiger partial charge in [0.05, 0.1) is 0 Å². The standard InChI is InChI=1S/C15H16N2O/c1-12-3-5-14(6-4-12)15(18)17(2)11-13-7-9-16-10-8-13/h3-10H,11H2,1-2H3. The van der Waals surface area contributed by atoms with Crippen LogP contribution in [-0.4, -0.2) is 22.8 Å². The maximum absolute atomic E-state index is 12.2. The van der Waals surface area contributed by atoms with E-state index in [1.165, 1.54) is 0 Å². The third-order valence-electron chi connectivity index (χ3n) is 2.81. The zero-order valence-corrected chi connectivity index (χ0v) is 10.6. The maximum atomic E-state index is 12.2.